The van der Waals surface area contributed by atoms with E-state index in [0.29, 0.717) is 0 Å². The second-order valence-electron chi connectivity index (χ2n) is 3.30. The molecule has 0 N–H and O–H groups in total. The third-order valence-corrected chi connectivity index (χ3v) is 3.66. The van der Waals surface area contributed by atoms with Crippen molar-refractivity contribution in [3.63, 3.8) is 0 Å². The van der Waals surface area contributed by atoms with Crippen LogP contribution in [0.15, 0.2) is 22.6 Å². The van der Waals surface area contributed by atoms with Crippen molar-refractivity contribution in [2.75, 3.05) is 13.1 Å². The number of nitrogens with zero attached hydrogens (tertiary/aromatic N) is 1. The topological polar surface area (TPSA) is 3.24 Å². The molecule has 0 unspecified atom stereocenters. The van der Waals surface area contributed by atoms with Gasteiger partial charge in [0, 0.05) is 13.1 Å². The Hall–Kier alpha value is -0.370. The second-order valence-corrected chi connectivity index (χ2v) is 4.50. The minimum atomic E-state index is 1.12. The van der Waals surface area contributed by atoms with Gasteiger partial charge in [-0.15, -0.1) is 0 Å². The molecule has 0 spiro atoms. The highest BCUT2D eigenvalue weighted by atomic mass is 32.2. The Morgan fingerprint density at radius 2 is 2.08 bits per heavy atom. The van der Waals surface area contributed by atoms with Crippen LogP contribution in [0.1, 0.15) is 33.1 Å². The first-order valence-electron chi connectivity index (χ1n) is 5.04. The molecule has 0 radical (unpaired) electrons. The standard InChI is InChI=1S/C11H19NS/c1-4-11(5-2)13-10(3)12-8-6-7-9-12/h4H,3,5-9H2,1-2H3/b11-4-. The van der Waals surface area contributed by atoms with Crippen LogP contribution in [0, 0.1) is 0 Å². The molecule has 1 saturated heterocycles. The smallest absolute Gasteiger partial charge is 0.0679 e. The molecular formula is C11H19NS. The van der Waals surface area contributed by atoms with Gasteiger partial charge < -0.3 is 4.90 Å². The number of thioether (sulfide) groups is 1. The van der Waals surface area contributed by atoms with Crippen molar-refractivity contribution < 1.29 is 0 Å². The van der Waals surface area contributed by atoms with Crippen LogP contribution in [0.3, 0.4) is 0 Å². The lowest BCUT2D eigenvalue weighted by atomic mass is 10.4. The first kappa shape index (κ1) is 10.7. The molecule has 0 aliphatic carbocycles. The average molecular weight is 197 g/mol. The summed E-state index contributed by atoms with van der Waals surface area (Å²) in [5, 5.41) is 1.23. The minimum absolute atomic E-state index is 1.12. The Balaban J connectivity index is 2.39. The van der Waals surface area contributed by atoms with E-state index < -0.39 is 0 Å². The quantitative estimate of drug-likeness (QED) is 0.677. The number of allylic oxidation sites excluding steroid dienone is 2. The molecule has 0 aromatic rings. The Bertz CT molecular complexity index is 202. The maximum absolute atomic E-state index is 4.12. The first-order valence-corrected chi connectivity index (χ1v) is 5.86. The molecule has 0 bridgehead atoms. The SMILES string of the molecule is C=C(S/C(=C\C)CC)N1CCCC1. The third kappa shape index (κ3) is 3.11. The van der Waals surface area contributed by atoms with Gasteiger partial charge in [0.1, 0.15) is 0 Å². The van der Waals surface area contributed by atoms with Gasteiger partial charge in [-0.2, -0.15) is 0 Å². The maximum Gasteiger partial charge on any atom is 0.0679 e. The van der Waals surface area contributed by atoms with E-state index in [1.807, 2.05) is 11.8 Å². The number of hydrogen-bond acceptors (Lipinski definition) is 2. The molecule has 1 fully saturated rings. The summed E-state index contributed by atoms with van der Waals surface area (Å²) in [6.45, 7) is 10.8. The molecule has 1 nitrogen and oxygen atoms in total. The summed E-state index contributed by atoms with van der Waals surface area (Å²) in [6, 6.07) is 0. The molecule has 0 aromatic carbocycles. The molecule has 74 valence electrons. The van der Waals surface area contributed by atoms with Crippen LogP contribution in [0.25, 0.3) is 0 Å². The fourth-order valence-electron chi connectivity index (χ4n) is 1.52. The van der Waals surface area contributed by atoms with Crippen molar-refractivity contribution >= 4 is 11.8 Å². The monoisotopic (exact) mass is 197 g/mol. The molecule has 1 heterocycles. The number of rotatable bonds is 4. The van der Waals surface area contributed by atoms with Crippen LogP contribution in [-0.2, 0) is 0 Å². The van der Waals surface area contributed by atoms with E-state index in [9.17, 15) is 0 Å². The van der Waals surface area contributed by atoms with Crippen molar-refractivity contribution in [1.29, 1.82) is 0 Å². The van der Waals surface area contributed by atoms with Crippen LogP contribution in [-0.4, -0.2) is 18.0 Å². The molecular weight excluding hydrogens is 178 g/mol. The van der Waals surface area contributed by atoms with E-state index in [-0.39, 0.29) is 0 Å². The molecule has 1 aliphatic heterocycles. The van der Waals surface area contributed by atoms with Gasteiger partial charge in [0.15, 0.2) is 0 Å². The molecule has 1 rings (SSSR count). The molecule has 2 heteroatoms. The zero-order chi connectivity index (χ0) is 9.68. The average Bonchev–Trinajstić information content (AvgIpc) is 2.66. The Morgan fingerprint density at radius 1 is 1.46 bits per heavy atom. The van der Waals surface area contributed by atoms with Gasteiger partial charge in [0.25, 0.3) is 0 Å². The molecule has 0 aromatic heterocycles. The predicted octanol–water partition coefficient (Wildman–Crippen LogP) is 3.60. The Kier molecular flexibility index (Phi) is 4.43. The van der Waals surface area contributed by atoms with Crippen LogP contribution >= 0.6 is 11.8 Å². The minimum Gasteiger partial charge on any atom is -0.367 e. The lowest BCUT2D eigenvalue weighted by Crippen LogP contribution is -2.15. The summed E-state index contributed by atoms with van der Waals surface area (Å²) in [4.78, 5) is 3.82. The highest BCUT2D eigenvalue weighted by Crippen LogP contribution is 2.30. The van der Waals surface area contributed by atoms with Crippen molar-refractivity contribution in [3.8, 4) is 0 Å². The highest BCUT2D eigenvalue weighted by molar-refractivity contribution is 8.06. The molecule has 0 saturated carbocycles. The summed E-state index contributed by atoms with van der Waals surface area (Å²) in [6.07, 6.45) is 5.97. The lowest BCUT2D eigenvalue weighted by molar-refractivity contribution is 0.458. The van der Waals surface area contributed by atoms with Gasteiger partial charge in [-0.3, -0.25) is 0 Å². The third-order valence-electron chi connectivity index (χ3n) is 2.38. The van der Waals surface area contributed by atoms with E-state index in [2.05, 4.69) is 31.4 Å². The van der Waals surface area contributed by atoms with Crippen molar-refractivity contribution in [2.45, 2.75) is 33.1 Å². The fraction of sp³-hybridized carbons (Fsp3) is 0.636. The highest BCUT2D eigenvalue weighted by Gasteiger charge is 2.13. The zero-order valence-corrected chi connectivity index (χ0v) is 9.49. The molecule has 0 atom stereocenters. The predicted molar refractivity (Wildman–Crippen MR) is 61.6 cm³/mol. The van der Waals surface area contributed by atoms with Gasteiger partial charge in [0.05, 0.1) is 5.03 Å². The Morgan fingerprint density at radius 3 is 2.54 bits per heavy atom. The summed E-state index contributed by atoms with van der Waals surface area (Å²) in [5.74, 6) is 0. The van der Waals surface area contributed by atoms with E-state index in [1.165, 1.54) is 35.9 Å². The summed E-state index contributed by atoms with van der Waals surface area (Å²) in [7, 11) is 0. The fourth-order valence-corrected chi connectivity index (χ4v) is 2.39. The van der Waals surface area contributed by atoms with Gasteiger partial charge in [0.2, 0.25) is 0 Å². The van der Waals surface area contributed by atoms with Gasteiger partial charge in [-0.1, -0.05) is 31.3 Å². The van der Waals surface area contributed by atoms with Crippen molar-refractivity contribution in [3.05, 3.63) is 22.6 Å². The Labute approximate surface area is 85.9 Å². The lowest BCUT2D eigenvalue weighted by Gasteiger charge is -2.20. The van der Waals surface area contributed by atoms with Crippen molar-refractivity contribution in [2.24, 2.45) is 0 Å². The number of likely N-dealkylation sites (tertiary alicyclic amines) is 1. The van der Waals surface area contributed by atoms with Crippen LogP contribution in [0.4, 0.5) is 0 Å². The van der Waals surface area contributed by atoms with E-state index in [1.54, 1.807) is 0 Å². The van der Waals surface area contributed by atoms with Gasteiger partial charge in [-0.25, -0.2) is 0 Å². The largest absolute Gasteiger partial charge is 0.367 e. The normalized spacial score (nSPS) is 18.0. The van der Waals surface area contributed by atoms with E-state index in [4.69, 9.17) is 0 Å². The van der Waals surface area contributed by atoms with Gasteiger partial charge >= 0.3 is 0 Å². The van der Waals surface area contributed by atoms with Crippen LogP contribution in [0.2, 0.25) is 0 Å². The summed E-state index contributed by atoms with van der Waals surface area (Å²) < 4.78 is 0. The number of hydrogen-bond donors (Lipinski definition) is 0. The molecule has 1 aliphatic rings. The second kappa shape index (κ2) is 5.38. The summed E-state index contributed by atoms with van der Waals surface area (Å²) >= 11 is 1.83. The van der Waals surface area contributed by atoms with E-state index >= 15 is 0 Å². The first-order chi connectivity index (χ1) is 6.27. The molecule has 13 heavy (non-hydrogen) atoms. The van der Waals surface area contributed by atoms with E-state index in [0.717, 1.165) is 6.42 Å². The van der Waals surface area contributed by atoms with Gasteiger partial charge in [-0.05, 0) is 31.1 Å². The van der Waals surface area contributed by atoms with Crippen LogP contribution < -0.4 is 0 Å². The van der Waals surface area contributed by atoms with Crippen LogP contribution in [0.5, 0.6) is 0 Å². The zero-order valence-electron chi connectivity index (χ0n) is 8.68. The van der Waals surface area contributed by atoms with Crippen molar-refractivity contribution in [1.82, 2.24) is 4.90 Å². The summed E-state index contributed by atoms with van der Waals surface area (Å²) in [5.41, 5.74) is 0. The maximum atomic E-state index is 4.12. The molecule has 0 amide bonds.